The fraction of sp³-hybridized carbons (Fsp3) is 0.529. The molecule has 0 N–H and O–H groups in total. The predicted octanol–water partition coefficient (Wildman–Crippen LogP) is 3.39. The summed E-state index contributed by atoms with van der Waals surface area (Å²) in [6.45, 7) is 8.70. The number of hydrogen-bond acceptors (Lipinski definition) is 3. The maximum atomic E-state index is 12.4. The number of hydrogen-bond donors (Lipinski definition) is 0. The van der Waals surface area contributed by atoms with Crippen molar-refractivity contribution in [3.05, 3.63) is 30.1 Å². The summed E-state index contributed by atoms with van der Waals surface area (Å²) in [5.41, 5.74) is 1.35. The molecular formula is C17H22N2O2. The Morgan fingerprint density at radius 1 is 1.33 bits per heavy atom. The first-order valence-corrected chi connectivity index (χ1v) is 7.56. The van der Waals surface area contributed by atoms with E-state index in [9.17, 15) is 4.79 Å². The molecule has 0 spiro atoms. The van der Waals surface area contributed by atoms with E-state index in [4.69, 9.17) is 9.72 Å². The molecule has 4 nitrogen and oxygen atoms in total. The first kappa shape index (κ1) is 14.1. The highest BCUT2D eigenvalue weighted by atomic mass is 16.5. The van der Waals surface area contributed by atoms with E-state index in [1.165, 1.54) is 0 Å². The first-order chi connectivity index (χ1) is 9.90. The Morgan fingerprint density at radius 2 is 2.00 bits per heavy atom. The van der Waals surface area contributed by atoms with Crippen LogP contribution in [0.5, 0.6) is 0 Å². The smallest absolute Gasteiger partial charge is 0.319 e. The molecule has 112 valence electrons. The zero-order chi connectivity index (χ0) is 15.3. The average Bonchev–Trinajstić information content (AvgIpc) is 3.12. The molecule has 1 aliphatic carbocycles. The Hall–Kier alpha value is -1.84. The number of rotatable bonds is 3. The number of esters is 1. The van der Waals surface area contributed by atoms with Crippen LogP contribution in [0.3, 0.4) is 0 Å². The van der Waals surface area contributed by atoms with E-state index >= 15 is 0 Å². The van der Waals surface area contributed by atoms with Gasteiger partial charge in [-0.15, -0.1) is 0 Å². The van der Waals surface area contributed by atoms with E-state index in [2.05, 4.69) is 31.4 Å². The van der Waals surface area contributed by atoms with Crippen molar-refractivity contribution in [2.75, 3.05) is 6.61 Å². The molecule has 4 heteroatoms. The summed E-state index contributed by atoms with van der Waals surface area (Å²) in [5, 5.41) is 0. The van der Waals surface area contributed by atoms with Crippen molar-refractivity contribution in [2.24, 2.45) is 0 Å². The van der Waals surface area contributed by atoms with Crippen LogP contribution in [-0.2, 0) is 20.5 Å². The van der Waals surface area contributed by atoms with Crippen molar-refractivity contribution >= 4 is 17.0 Å². The number of fused-ring (bicyclic) bond motifs is 1. The quantitative estimate of drug-likeness (QED) is 0.812. The van der Waals surface area contributed by atoms with Gasteiger partial charge in [-0.1, -0.05) is 12.1 Å². The molecule has 1 aliphatic rings. The van der Waals surface area contributed by atoms with Crippen LogP contribution in [0, 0.1) is 0 Å². The molecule has 0 radical (unpaired) electrons. The molecule has 1 aromatic carbocycles. The van der Waals surface area contributed by atoms with Gasteiger partial charge in [-0.05, 0) is 52.7 Å². The minimum Gasteiger partial charge on any atom is -0.465 e. The van der Waals surface area contributed by atoms with E-state index in [0.29, 0.717) is 6.61 Å². The third-order valence-corrected chi connectivity index (χ3v) is 4.08. The number of nitrogens with zero attached hydrogens (tertiary/aromatic N) is 2. The van der Waals surface area contributed by atoms with Crippen LogP contribution in [-0.4, -0.2) is 22.1 Å². The van der Waals surface area contributed by atoms with Crippen LogP contribution >= 0.6 is 0 Å². The van der Waals surface area contributed by atoms with Crippen molar-refractivity contribution in [1.82, 2.24) is 9.55 Å². The van der Waals surface area contributed by atoms with Crippen molar-refractivity contribution in [3.63, 3.8) is 0 Å². The minimum absolute atomic E-state index is 0.131. The molecule has 3 rings (SSSR count). The Balaban J connectivity index is 2.21. The van der Waals surface area contributed by atoms with E-state index in [-0.39, 0.29) is 11.5 Å². The highest BCUT2D eigenvalue weighted by molar-refractivity contribution is 5.87. The molecule has 1 fully saturated rings. The fourth-order valence-electron chi connectivity index (χ4n) is 2.94. The molecule has 1 saturated carbocycles. The monoisotopic (exact) mass is 286 g/mol. The lowest BCUT2D eigenvalue weighted by Crippen LogP contribution is -2.32. The zero-order valence-corrected chi connectivity index (χ0v) is 13.1. The molecule has 2 aromatic rings. The summed E-state index contributed by atoms with van der Waals surface area (Å²) >= 11 is 0. The molecule has 0 amide bonds. The maximum absolute atomic E-state index is 12.4. The van der Waals surface area contributed by atoms with E-state index in [0.717, 1.165) is 29.7 Å². The summed E-state index contributed by atoms with van der Waals surface area (Å²) in [7, 11) is 0. The second kappa shape index (κ2) is 4.58. The molecule has 1 aromatic heterocycles. The number of ether oxygens (including phenoxy) is 1. The van der Waals surface area contributed by atoms with Gasteiger partial charge in [0.15, 0.2) is 0 Å². The number of para-hydroxylation sites is 2. The first-order valence-electron chi connectivity index (χ1n) is 7.56. The number of carbonyl (C=O) groups is 1. The van der Waals surface area contributed by atoms with Crippen molar-refractivity contribution in [2.45, 2.75) is 51.5 Å². The molecular weight excluding hydrogens is 264 g/mol. The van der Waals surface area contributed by atoms with Crippen molar-refractivity contribution in [1.29, 1.82) is 0 Å². The van der Waals surface area contributed by atoms with Gasteiger partial charge in [-0.2, -0.15) is 0 Å². The molecule has 0 saturated heterocycles. The fourth-order valence-corrected chi connectivity index (χ4v) is 2.94. The number of imidazole rings is 1. The van der Waals surface area contributed by atoms with Gasteiger partial charge >= 0.3 is 5.97 Å². The third-order valence-electron chi connectivity index (χ3n) is 4.08. The van der Waals surface area contributed by atoms with Crippen molar-refractivity contribution < 1.29 is 9.53 Å². The Kier molecular flexibility index (Phi) is 3.08. The third kappa shape index (κ3) is 2.13. The second-order valence-electron chi connectivity index (χ2n) is 6.73. The van der Waals surface area contributed by atoms with Gasteiger partial charge in [0.25, 0.3) is 0 Å². The van der Waals surface area contributed by atoms with Gasteiger partial charge in [-0.25, -0.2) is 4.98 Å². The van der Waals surface area contributed by atoms with Crippen molar-refractivity contribution in [3.8, 4) is 0 Å². The summed E-state index contributed by atoms with van der Waals surface area (Å²) in [6.07, 6.45) is 1.65. The van der Waals surface area contributed by atoms with Gasteiger partial charge in [0.1, 0.15) is 11.2 Å². The van der Waals surface area contributed by atoms with Gasteiger partial charge in [-0.3, -0.25) is 4.79 Å². The van der Waals surface area contributed by atoms with Crippen LogP contribution < -0.4 is 0 Å². The summed E-state index contributed by atoms with van der Waals surface area (Å²) in [4.78, 5) is 17.2. The summed E-state index contributed by atoms with van der Waals surface area (Å²) < 4.78 is 7.50. The topological polar surface area (TPSA) is 44.1 Å². The highest BCUT2D eigenvalue weighted by Crippen LogP contribution is 2.50. The Morgan fingerprint density at radius 3 is 2.57 bits per heavy atom. The van der Waals surface area contributed by atoms with E-state index in [1.807, 2.05) is 25.1 Å². The van der Waals surface area contributed by atoms with Gasteiger partial charge in [0, 0.05) is 5.54 Å². The number of aromatic nitrogens is 2. The largest absolute Gasteiger partial charge is 0.465 e. The minimum atomic E-state index is -0.539. The van der Waals surface area contributed by atoms with Crippen LogP contribution in [0.15, 0.2) is 24.3 Å². The predicted molar refractivity (Wildman–Crippen MR) is 82.3 cm³/mol. The normalized spacial score (nSPS) is 17.0. The average molecular weight is 286 g/mol. The lowest BCUT2D eigenvalue weighted by Gasteiger charge is -2.27. The molecule has 21 heavy (non-hydrogen) atoms. The Labute approximate surface area is 125 Å². The molecule has 0 bridgehead atoms. The van der Waals surface area contributed by atoms with Gasteiger partial charge in [0.05, 0.1) is 17.6 Å². The number of carbonyl (C=O) groups excluding carboxylic acids is 1. The number of benzene rings is 1. The highest BCUT2D eigenvalue weighted by Gasteiger charge is 2.57. The zero-order valence-electron chi connectivity index (χ0n) is 13.1. The Bertz CT molecular complexity index is 690. The van der Waals surface area contributed by atoms with Crippen LogP contribution in [0.1, 0.15) is 46.4 Å². The molecule has 1 heterocycles. The summed E-state index contributed by atoms with van der Waals surface area (Å²) in [5.74, 6) is 0.723. The summed E-state index contributed by atoms with van der Waals surface area (Å²) in [6, 6.07) is 8.07. The molecule has 0 unspecified atom stereocenters. The lowest BCUT2D eigenvalue weighted by molar-refractivity contribution is -0.146. The van der Waals surface area contributed by atoms with Crippen LogP contribution in [0.2, 0.25) is 0 Å². The van der Waals surface area contributed by atoms with E-state index < -0.39 is 5.41 Å². The second-order valence-corrected chi connectivity index (χ2v) is 6.73. The van der Waals surface area contributed by atoms with Gasteiger partial charge in [0.2, 0.25) is 0 Å². The van der Waals surface area contributed by atoms with Crippen LogP contribution in [0.25, 0.3) is 11.0 Å². The van der Waals surface area contributed by atoms with Crippen LogP contribution in [0.4, 0.5) is 0 Å². The van der Waals surface area contributed by atoms with E-state index in [1.54, 1.807) is 0 Å². The molecule has 0 aliphatic heterocycles. The molecule has 0 atom stereocenters. The standard InChI is InChI=1S/C17H22N2O2/c1-5-21-15(20)17(10-11-17)14-18-12-8-6-7-9-13(12)19(14)16(2,3)4/h6-9H,5,10-11H2,1-4H3. The SMILES string of the molecule is CCOC(=O)C1(c2nc3ccccc3n2C(C)(C)C)CC1. The van der Waals surface area contributed by atoms with Gasteiger partial charge < -0.3 is 9.30 Å². The maximum Gasteiger partial charge on any atom is 0.319 e. The lowest BCUT2D eigenvalue weighted by atomic mass is 10.0.